The molecule has 0 aliphatic heterocycles. The molecule has 0 bridgehead atoms. The van der Waals surface area contributed by atoms with Gasteiger partial charge in [-0.05, 0) is 57.9 Å². The van der Waals surface area contributed by atoms with Crippen LogP contribution in [0.3, 0.4) is 0 Å². The number of furan rings is 1. The van der Waals surface area contributed by atoms with Gasteiger partial charge in [0.1, 0.15) is 0 Å². The van der Waals surface area contributed by atoms with Gasteiger partial charge in [0.15, 0.2) is 10.5 Å². The van der Waals surface area contributed by atoms with Crippen LogP contribution in [-0.2, 0) is 19.3 Å². The van der Waals surface area contributed by atoms with Crippen LogP contribution in [0.25, 0.3) is 0 Å². The molecule has 0 amide bonds. The second kappa shape index (κ2) is 6.40. The molecule has 106 valence electrons. The Morgan fingerprint density at radius 1 is 1.10 bits per heavy atom. The Bertz CT molecular complexity index is 601. The molecular formula is C17H19BrO2. The highest BCUT2D eigenvalue weighted by molar-refractivity contribution is 9.10. The van der Waals surface area contributed by atoms with Crippen LogP contribution in [-0.4, -0.2) is 5.78 Å². The maximum atomic E-state index is 12.8. The van der Waals surface area contributed by atoms with E-state index in [9.17, 15) is 4.79 Å². The van der Waals surface area contributed by atoms with Crippen molar-refractivity contribution in [3.8, 4) is 0 Å². The molecule has 2 nitrogen and oxygen atoms in total. The lowest BCUT2D eigenvalue weighted by molar-refractivity contribution is 0.103. The van der Waals surface area contributed by atoms with Crippen LogP contribution < -0.4 is 0 Å². The Labute approximate surface area is 128 Å². The maximum absolute atomic E-state index is 12.8. The van der Waals surface area contributed by atoms with Crippen LogP contribution in [0.5, 0.6) is 0 Å². The van der Waals surface area contributed by atoms with Gasteiger partial charge in [-0.1, -0.05) is 32.9 Å². The lowest BCUT2D eigenvalue weighted by atomic mass is 9.89. The fourth-order valence-corrected chi connectivity index (χ4v) is 2.90. The SMILES string of the molecule is CCc1cc(CC)c(C(=O)c2ccoc2Br)c(CC)c1. The van der Waals surface area contributed by atoms with Crippen LogP contribution in [0.1, 0.15) is 53.4 Å². The average molecular weight is 335 g/mol. The zero-order chi connectivity index (χ0) is 14.7. The van der Waals surface area contributed by atoms with Gasteiger partial charge >= 0.3 is 0 Å². The van der Waals surface area contributed by atoms with Gasteiger partial charge < -0.3 is 4.42 Å². The molecule has 0 atom stereocenters. The Kier molecular flexibility index (Phi) is 4.81. The van der Waals surface area contributed by atoms with Crippen LogP contribution in [0.15, 0.2) is 33.5 Å². The van der Waals surface area contributed by atoms with Crippen molar-refractivity contribution >= 4 is 21.7 Å². The van der Waals surface area contributed by atoms with E-state index in [4.69, 9.17) is 4.42 Å². The Morgan fingerprint density at radius 2 is 1.70 bits per heavy atom. The number of hydrogen-bond acceptors (Lipinski definition) is 2. The van der Waals surface area contributed by atoms with Gasteiger partial charge in [-0.25, -0.2) is 0 Å². The summed E-state index contributed by atoms with van der Waals surface area (Å²) < 4.78 is 5.70. The Hall–Kier alpha value is -1.35. The zero-order valence-electron chi connectivity index (χ0n) is 12.1. The highest BCUT2D eigenvalue weighted by Gasteiger charge is 2.21. The number of aryl methyl sites for hydroxylation is 3. The molecule has 0 saturated heterocycles. The molecule has 2 rings (SSSR count). The van der Waals surface area contributed by atoms with Crippen molar-refractivity contribution in [3.05, 3.63) is 56.9 Å². The standard InChI is InChI=1S/C17H19BrO2/c1-4-11-9-12(5-2)15(13(6-3)10-11)16(19)14-7-8-20-17(14)18/h7-10H,4-6H2,1-3H3. The first kappa shape index (κ1) is 15.0. The van der Waals surface area contributed by atoms with E-state index in [1.54, 1.807) is 6.07 Å². The summed E-state index contributed by atoms with van der Waals surface area (Å²) in [6.07, 6.45) is 4.24. The van der Waals surface area contributed by atoms with Crippen molar-refractivity contribution in [1.29, 1.82) is 0 Å². The molecule has 2 aromatic rings. The minimum atomic E-state index is 0.0435. The number of carbonyl (C=O) groups excluding carboxylic acids is 1. The molecule has 20 heavy (non-hydrogen) atoms. The molecule has 0 radical (unpaired) electrons. The average Bonchev–Trinajstić information content (AvgIpc) is 2.91. The quantitative estimate of drug-likeness (QED) is 0.723. The van der Waals surface area contributed by atoms with Crippen molar-refractivity contribution in [3.63, 3.8) is 0 Å². The highest BCUT2D eigenvalue weighted by Crippen LogP contribution is 2.27. The molecule has 0 fully saturated rings. The summed E-state index contributed by atoms with van der Waals surface area (Å²) in [5.41, 5.74) is 4.98. The van der Waals surface area contributed by atoms with Crippen LogP contribution in [0, 0.1) is 0 Å². The second-order valence-corrected chi connectivity index (χ2v) is 5.51. The van der Waals surface area contributed by atoms with E-state index < -0.39 is 0 Å². The van der Waals surface area contributed by atoms with Crippen molar-refractivity contribution < 1.29 is 9.21 Å². The number of ketones is 1. The monoisotopic (exact) mass is 334 g/mol. The summed E-state index contributed by atoms with van der Waals surface area (Å²) in [5.74, 6) is 0.0435. The first-order valence-electron chi connectivity index (χ1n) is 7.04. The lowest BCUT2D eigenvalue weighted by Gasteiger charge is -2.14. The van der Waals surface area contributed by atoms with E-state index in [1.807, 2.05) is 0 Å². The number of hydrogen-bond donors (Lipinski definition) is 0. The van der Waals surface area contributed by atoms with Gasteiger partial charge in [0.05, 0.1) is 11.8 Å². The second-order valence-electron chi connectivity index (χ2n) is 4.79. The molecule has 0 N–H and O–H groups in total. The summed E-state index contributed by atoms with van der Waals surface area (Å²) in [7, 11) is 0. The van der Waals surface area contributed by atoms with E-state index >= 15 is 0 Å². The van der Waals surface area contributed by atoms with E-state index in [-0.39, 0.29) is 5.78 Å². The summed E-state index contributed by atoms with van der Waals surface area (Å²) >= 11 is 3.30. The minimum absolute atomic E-state index is 0.0435. The van der Waals surface area contributed by atoms with Gasteiger partial charge in [-0.2, -0.15) is 0 Å². The minimum Gasteiger partial charge on any atom is -0.457 e. The first-order valence-corrected chi connectivity index (χ1v) is 7.83. The predicted molar refractivity (Wildman–Crippen MR) is 84.4 cm³/mol. The molecule has 0 saturated carbocycles. The summed E-state index contributed by atoms with van der Waals surface area (Å²) in [4.78, 5) is 12.8. The third-order valence-electron chi connectivity index (χ3n) is 3.62. The third-order valence-corrected chi connectivity index (χ3v) is 4.24. The van der Waals surface area contributed by atoms with Gasteiger partial charge in [0.25, 0.3) is 0 Å². The Morgan fingerprint density at radius 3 is 2.10 bits per heavy atom. The topological polar surface area (TPSA) is 30.2 Å². The highest BCUT2D eigenvalue weighted by atomic mass is 79.9. The van der Waals surface area contributed by atoms with Gasteiger partial charge in [0.2, 0.25) is 0 Å². The molecule has 1 heterocycles. The van der Waals surface area contributed by atoms with Crippen LogP contribution in [0.4, 0.5) is 0 Å². The largest absolute Gasteiger partial charge is 0.457 e. The first-order chi connectivity index (χ1) is 9.62. The molecular weight excluding hydrogens is 316 g/mol. The lowest BCUT2D eigenvalue weighted by Crippen LogP contribution is -2.10. The van der Waals surface area contributed by atoms with Gasteiger partial charge in [0, 0.05) is 5.56 Å². The number of carbonyl (C=O) groups is 1. The molecule has 0 aliphatic rings. The van der Waals surface area contributed by atoms with Crippen molar-refractivity contribution in [2.45, 2.75) is 40.0 Å². The predicted octanol–water partition coefficient (Wildman–Crippen LogP) is 4.96. The van der Waals surface area contributed by atoms with Crippen LogP contribution >= 0.6 is 15.9 Å². The van der Waals surface area contributed by atoms with E-state index in [0.29, 0.717) is 10.2 Å². The molecule has 3 heteroatoms. The zero-order valence-corrected chi connectivity index (χ0v) is 13.7. The summed E-state index contributed by atoms with van der Waals surface area (Å²) in [6.45, 7) is 6.33. The fourth-order valence-electron chi connectivity index (χ4n) is 2.48. The van der Waals surface area contributed by atoms with E-state index in [1.165, 1.54) is 11.8 Å². The van der Waals surface area contributed by atoms with Crippen molar-refractivity contribution in [2.24, 2.45) is 0 Å². The smallest absolute Gasteiger partial charge is 0.198 e. The van der Waals surface area contributed by atoms with Gasteiger partial charge in [-0.3, -0.25) is 4.79 Å². The molecule has 0 spiro atoms. The van der Waals surface area contributed by atoms with E-state index in [0.717, 1.165) is 36.0 Å². The number of benzene rings is 1. The summed E-state index contributed by atoms with van der Waals surface area (Å²) in [5, 5.41) is 0. The molecule has 0 aliphatic carbocycles. The number of rotatable bonds is 5. The summed E-state index contributed by atoms with van der Waals surface area (Å²) in [6, 6.07) is 6.03. The molecule has 1 aromatic carbocycles. The van der Waals surface area contributed by atoms with Crippen LogP contribution in [0.2, 0.25) is 0 Å². The normalized spacial score (nSPS) is 10.8. The van der Waals surface area contributed by atoms with Crippen molar-refractivity contribution in [1.82, 2.24) is 0 Å². The fraction of sp³-hybridized carbons (Fsp3) is 0.353. The van der Waals surface area contributed by atoms with Gasteiger partial charge in [-0.15, -0.1) is 0 Å². The molecule has 0 unspecified atom stereocenters. The maximum Gasteiger partial charge on any atom is 0.198 e. The van der Waals surface area contributed by atoms with E-state index in [2.05, 4.69) is 48.8 Å². The number of halogens is 1. The Balaban J connectivity index is 2.60. The van der Waals surface area contributed by atoms with Crippen molar-refractivity contribution in [2.75, 3.05) is 0 Å². The third kappa shape index (κ3) is 2.73. The molecule has 1 aromatic heterocycles.